The maximum absolute atomic E-state index is 10.6. The van der Waals surface area contributed by atoms with Gasteiger partial charge in [0.05, 0.1) is 5.41 Å². The number of rotatable bonds is 5. The van der Waals surface area contributed by atoms with Gasteiger partial charge in [-0.15, -0.1) is 13.0 Å². The summed E-state index contributed by atoms with van der Waals surface area (Å²) < 4.78 is 0. The van der Waals surface area contributed by atoms with Gasteiger partial charge in [-0.05, 0) is 24.5 Å². The molecule has 1 unspecified atom stereocenters. The van der Waals surface area contributed by atoms with E-state index in [9.17, 15) is 5.11 Å². The van der Waals surface area contributed by atoms with E-state index in [1.807, 2.05) is 67.6 Å². The van der Waals surface area contributed by atoms with Crippen LogP contribution >= 0.6 is 0 Å². The molecule has 2 rings (SSSR count). The molecule has 2 aromatic carbocycles. The minimum Gasteiger partial charge on any atom is -0.379 e. The summed E-state index contributed by atoms with van der Waals surface area (Å²) in [5.74, 6) is 2.52. The van der Waals surface area contributed by atoms with Crippen molar-refractivity contribution in [2.45, 2.75) is 24.9 Å². The van der Waals surface area contributed by atoms with Crippen LogP contribution in [0.4, 0.5) is 0 Å². The van der Waals surface area contributed by atoms with Crippen molar-refractivity contribution in [2.75, 3.05) is 0 Å². The van der Waals surface area contributed by atoms with Gasteiger partial charge < -0.3 is 5.11 Å². The molecule has 0 aromatic heterocycles. The summed E-state index contributed by atoms with van der Waals surface area (Å²) in [5, 5.41) is 10.6. The molecule has 0 saturated carbocycles. The number of hydrogen-bond donors (Lipinski definition) is 1. The van der Waals surface area contributed by atoms with E-state index in [1.165, 1.54) is 0 Å². The summed E-state index contributed by atoms with van der Waals surface area (Å²) in [6.07, 6.45) is 5.26. The van der Waals surface area contributed by atoms with Crippen LogP contribution in [-0.2, 0) is 5.41 Å². The van der Waals surface area contributed by atoms with Crippen LogP contribution in [0.5, 0.6) is 0 Å². The lowest BCUT2D eigenvalue weighted by Crippen LogP contribution is -2.40. The Kier molecular flexibility index (Phi) is 4.62. The molecule has 1 nitrogen and oxygen atoms in total. The quantitative estimate of drug-likeness (QED) is 0.648. The smallest absolute Gasteiger partial charge is 0.128 e. The Bertz CT molecular complexity index is 595. The molecule has 0 aliphatic heterocycles. The molecule has 0 bridgehead atoms. The SMILES string of the molecule is C#CC(O)C(CC(=C)C)(c1ccccc1)c1ccccc1. The zero-order valence-electron chi connectivity index (χ0n) is 12.3. The molecule has 0 spiro atoms. The fourth-order valence-corrected chi connectivity index (χ4v) is 2.87. The standard InChI is InChI=1S/C20H20O/c1-4-19(21)20(15-16(2)3,17-11-7-5-8-12-17)18-13-9-6-10-14-18/h1,5-14,19,21H,2,15H2,3H3. The summed E-state index contributed by atoms with van der Waals surface area (Å²) in [7, 11) is 0. The second-order valence-corrected chi connectivity index (χ2v) is 5.41. The third-order valence-corrected chi connectivity index (χ3v) is 3.78. The largest absolute Gasteiger partial charge is 0.379 e. The summed E-state index contributed by atoms with van der Waals surface area (Å²) in [6, 6.07) is 19.8. The predicted molar refractivity (Wildman–Crippen MR) is 87.9 cm³/mol. The van der Waals surface area contributed by atoms with Crippen molar-refractivity contribution in [3.05, 3.63) is 83.9 Å². The lowest BCUT2D eigenvalue weighted by atomic mass is 9.67. The van der Waals surface area contributed by atoms with Crippen LogP contribution in [0.3, 0.4) is 0 Å². The number of hydrogen-bond acceptors (Lipinski definition) is 1. The fraction of sp³-hybridized carbons (Fsp3) is 0.200. The highest BCUT2D eigenvalue weighted by molar-refractivity contribution is 5.44. The monoisotopic (exact) mass is 276 g/mol. The molecule has 0 aliphatic carbocycles. The molecule has 0 aliphatic rings. The Morgan fingerprint density at radius 1 is 1.10 bits per heavy atom. The van der Waals surface area contributed by atoms with Crippen LogP contribution in [0.1, 0.15) is 24.5 Å². The van der Waals surface area contributed by atoms with E-state index in [0.717, 1.165) is 16.7 Å². The van der Waals surface area contributed by atoms with Crippen LogP contribution in [0.25, 0.3) is 0 Å². The van der Waals surface area contributed by atoms with Gasteiger partial charge in [0, 0.05) is 0 Å². The van der Waals surface area contributed by atoms with Gasteiger partial charge >= 0.3 is 0 Å². The minimum atomic E-state index is -0.918. The Labute approximate surface area is 127 Å². The van der Waals surface area contributed by atoms with Crippen LogP contribution in [0.15, 0.2) is 72.8 Å². The summed E-state index contributed by atoms with van der Waals surface area (Å²) >= 11 is 0. The Morgan fingerprint density at radius 3 is 1.86 bits per heavy atom. The summed E-state index contributed by atoms with van der Waals surface area (Å²) in [4.78, 5) is 0. The third-order valence-electron chi connectivity index (χ3n) is 3.78. The molecule has 0 amide bonds. The fourth-order valence-electron chi connectivity index (χ4n) is 2.87. The molecule has 0 radical (unpaired) electrons. The first-order valence-electron chi connectivity index (χ1n) is 7.01. The number of terminal acetylenes is 1. The van der Waals surface area contributed by atoms with Crippen molar-refractivity contribution in [2.24, 2.45) is 0 Å². The minimum absolute atomic E-state index is 0.604. The second kappa shape index (κ2) is 6.43. The highest BCUT2D eigenvalue weighted by Crippen LogP contribution is 2.40. The van der Waals surface area contributed by atoms with E-state index in [0.29, 0.717) is 6.42 Å². The average Bonchev–Trinajstić information content (AvgIpc) is 2.53. The molecule has 1 N–H and O–H groups in total. The highest BCUT2D eigenvalue weighted by Gasteiger charge is 2.40. The van der Waals surface area contributed by atoms with Gasteiger partial charge in [0.1, 0.15) is 6.10 Å². The van der Waals surface area contributed by atoms with Crippen molar-refractivity contribution < 1.29 is 5.11 Å². The van der Waals surface area contributed by atoms with E-state index in [-0.39, 0.29) is 0 Å². The van der Waals surface area contributed by atoms with Crippen molar-refractivity contribution in [3.8, 4) is 12.3 Å². The van der Waals surface area contributed by atoms with E-state index in [2.05, 4.69) is 12.5 Å². The molecular weight excluding hydrogens is 256 g/mol. The molecule has 21 heavy (non-hydrogen) atoms. The first-order chi connectivity index (χ1) is 10.1. The van der Waals surface area contributed by atoms with Crippen LogP contribution in [0, 0.1) is 12.3 Å². The zero-order chi connectivity index (χ0) is 15.3. The van der Waals surface area contributed by atoms with E-state index >= 15 is 0 Å². The molecule has 0 saturated heterocycles. The van der Waals surface area contributed by atoms with Crippen molar-refractivity contribution >= 4 is 0 Å². The molecule has 2 aromatic rings. The first kappa shape index (κ1) is 15.1. The maximum Gasteiger partial charge on any atom is 0.128 e. The summed E-state index contributed by atoms with van der Waals surface area (Å²) in [5.41, 5.74) is 2.33. The zero-order valence-corrected chi connectivity index (χ0v) is 12.3. The van der Waals surface area contributed by atoms with Gasteiger partial charge in [0.15, 0.2) is 0 Å². The third kappa shape index (κ3) is 2.91. The van der Waals surface area contributed by atoms with Crippen LogP contribution in [0.2, 0.25) is 0 Å². The topological polar surface area (TPSA) is 20.2 Å². The molecule has 0 fully saturated rings. The van der Waals surface area contributed by atoms with E-state index < -0.39 is 11.5 Å². The Balaban J connectivity index is 2.72. The second-order valence-electron chi connectivity index (χ2n) is 5.41. The van der Waals surface area contributed by atoms with Crippen molar-refractivity contribution in [1.82, 2.24) is 0 Å². The van der Waals surface area contributed by atoms with Gasteiger partial charge in [0.2, 0.25) is 0 Å². The number of aliphatic hydroxyl groups excluding tert-OH is 1. The molecular formula is C20H20O. The first-order valence-corrected chi connectivity index (χ1v) is 7.01. The molecule has 106 valence electrons. The number of benzene rings is 2. The number of aliphatic hydroxyl groups is 1. The van der Waals surface area contributed by atoms with Gasteiger partial charge in [0.25, 0.3) is 0 Å². The van der Waals surface area contributed by atoms with Gasteiger partial charge in [-0.3, -0.25) is 0 Å². The van der Waals surface area contributed by atoms with Gasteiger partial charge in [-0.25, -0.2) is 0 Å². The molecule has 1 heteroatoms. The maximum atomic E-state index is 10.6. The molecule has 1 atom stereocenters. The van der Waals surface area contributed by atoms with Crippen LogP contribution < -0.4 is 0 Å². The van der Waals surface area contributed by atoms with E-state index in [1.54, 1.807) is 0 Å². The van der Waals surface area contributed by atoms with Crippen molar-refractivity contribution in [3.63, 3.8) is 0 Å². The highest BCUT2D eigenvalue weighted by atomic mass is 16.3. The van der Waals surface area contributed by atoms with Crippen LogP contribution in [-0.4, -0.2) is 11.2 Å². The lowest BCUT2D eigenvalue weighted by molar-refractivity contribution is 0.154. The van der Waals surface area contributed by atoms with Crippen molar-refractivity contribution in [1.29, 1.82) is 0 Å². The molecule has 0 heterocycles. The normalized spacial score (nSPS) is 12.4. The Morgan fingerprint density at radius 2 is 1.52 bits per heavy atom. The average molecular weight is 276 g/mol. The summed E-state index contributed by atoms with van der Waals surface area (Å²) in [6.45, 7) is 5.99. The lowest BCUT2D eigenvalue weighted by Gasteiger charge is -2.37. The van der Waals surface area contributed by atoms with Gasteiger partial charge in [-0.1, -0.05) is 72.2 Å². The Hall–Kier alpha value is -2.30. The van der Waals surface area contributed by atoms with Gasteiger partial charge in [-0.2, -0.15) is 0 Å². The van der Waals surface area contributed by atoms with E-state index in [4.69, 9.17) is 6.42 Å². The number of allylic oxidation sites excluding steroid dienone is 1. The predicted octanol–water partition coefficient (Wildman–Crippen LogP) is 3.93.